The Morgan fingerprint density at radius 3 is 1.80 bits per heavy atom. The number of aliphatic hydroxyl groups is 1. The smallest absolute Gasteiger partial charge is 0.410 e. The van der Waals surface area contributed by atoms with Crippen LogP contribution in [0.25, 0.3) is 0 Å². The van der Waals surface area contributed by atoms with E-state index in [9.17, 15) is 57.8 Å². The molecule has 123 heavy (non-hydrogen) atoms. The summed E-state index contributed by atoms with van der Waals surface area (Å²) >= 11 is 0. The van der Waals surface area contributed by atoms with Crippen LogP contribution in [0.2, 0.25) is 0 Å². The topological polar surface area (TPSA) is 463 Å². The number of nitrogens with zero attached hydrogens (tertiary/aromatic N) is 4. The van der Waals surface area contributed by atoms with Gasteiger partial charge in [-0.2, -0.15) is 0 Å². The number of amides is 13. The summed E-state index contributed by atoms with van der Waals surface area (Å²) in [6, 6.07) is 12.4. The highest BCUT2D eigenvalue weighted by Crippen LogP contribution is 2.31. The molecule has 0 unspecified atom stereocenters. The highest BCUT2D eigenvalue weighted by Gasteiger charge is 2.44. The van der Waals surface area contributed by atoms with Crippen molar-refractivity contribution in [3.8, 4) is 5.75 Å². The van der Waals surface area contributed by atoms with Gasteiger partial charge in [-0.25, -0.2) is 9.59 Å². The molecule has 1 aliphatic heterocycles. The molecule has 3 aromatic rings. The number of anilines is 1. The van der Waals surface area contributed by atoms with Crippen LogP contribution < -0.4 is 64.1 Å². The van der Waals surface area contributed by atoms with Crippen molar-refractivity contribution in [3.63, 3.8) is 0 Å². The summed E-state index contributed by atoms with van der Waals surface area (Å²) < 4.78 is 39.8. The third kappa shape index (κ3) is 36.6. The number of likely N-dealkylation sites (N-methyl/N-ethyl adjacent to an activating group) is 2. The first-order valence-corrected chi connectivity index (χ1v) is 43.0. The van der Waals surface area contributed by atoms with E-state index in [-0.39, 0.29) is 118 Å². The Kier molecular flexibility index (Phi) is 48.4. The van der Waals surface area contributed by atoms with Gasteiger partial charge < -0.3 is 112 Å². The number of primary amides is 1. The number of likely N-dealkylation sites (tertiary alicyclic amines) is 1. The standard InChI is InChI=1S/C88H143N15O20/c1-18-58(8)77(70(118-16)53-73(106)103-45-24-30-69(103)79(119-17)59(9)80(108)95-60(10)78(107)62-27-20-19-21-28-62)101(13)86(114)75(56(4)5)99-85(113)76(57(6)7)102(14)88(116)123-54-63-34-35-64(52-66(63)81(109)93-41-25-44-100(11)12)96-83(111)68(29-23-40-94-87(90)115)97-84(112)74(55(2)3)98-82(110)67(89)38-39-72(105)92-43-47-121-49-51-122-50-48-120-46-42-91-71(104)31-22-26-61-32-36-65(117-15)37-33-61/h19-21,27-28,32-37,52,55-60,67-70,74-79,107H,18,22-26,29-31,38-51,53-54,89H2,1-17H3,(H,91,104)(H,92,105)(H,93,109)(H,95,108)(H,96,111)(H,97,112)(H,98,110)(H,99,113)(H3,90,94,115)/t58-,59+,60+,67-,68-,69-,70+,74-,75-,76-,77-,78+,79+/m0/s1. The molecule has 13 atom stereocenters. The molecule has 0 saturated carbocycles. The van der Waals surface area contributed by atoms with Gasteiger partial charge in [0.2, 0.25) is 53.2 Å². The quantitative estimate of drug-likeness (QED) is 0.0341. The molecule has 1 heterocycles. The van der Waals surface area contributed by atoms with Crippen LogP contribution in [0.1, 0.15) is 173 Å². The van der Waals surface area contributed by atoms with Crippen LogP contribution in [0.3, 0.4) is 0 Å². The summed E-state index contributed by atoms with van der Waals surface area (Å²) in [6.07, 6.45) is 0.617. The molecule has 35 heteroatoms. The van der Waals surface area contributed by atoms with Crippen LogP contribution in [0.5, 0.6) is 5.75 Å². The Labute approximate surface area is 726 Å². The van der Waals surface area contributed by atoms with Gasteiger partial charge in [-0.3, -0.25) is 52.8 Å². The van der Waals surface area contributed by atoms with E-state index < -0.39 is 144 Å². The van der Waals surface area contributed by atoms with Gasteiger partial charge in [0.25, 0.3) is 5.91 Å². The second kappa shape index (κ2) is 56.3. The average Bonchev–Trinajstić information content (AvgIpc) is 1.52. The Morgan fingerprint density at radius 2 is 1.22 bits per heavy atom. The second-order valence-corrected chi connectivity index (χ2v) is 32.7. The first-order valence-electron chi connectivity index (χ1n) is 43.0. The van der Waals surface area contributed by atoms with E-state index in [4.69, 9.17) is 44.6 Å². The van der Waals surface area contributed by atoms with Crippen molar-refractivity contribution >= 4 is 76.9 Å². The molecule has 1 aliphatic rings. The van der Waals surface area contributed by atoms with Crippen LogP contribution in [0, 0.1) is 29.6 Å². The highest BCUT2D eigenvalue weighted by molar-refractivity contribution is 6.01. The minimum absolute atomic E-state index is 0.00155. The third-order valence-corrected chi connectivity index (χ3v) is 21.9. The van der Waals surface area contributed by atoms with E-state index >= 15 is 4.79 Å². The zero-order valence-electron chi connectivity index (χ0n) is 75.5. The van der Waals surface area contributed by atoms with Gasteiger partial charge >= 0.3 is 12.1 Å². The van der Waals surface area contributed by atoms with E-state index in [1.807, 2.05) is 75.3 Å². The van der Waals surface area contributed by atoms with E-state index in [2.05, 4.69) is 47.9 Å². The van der Waals surface area contributed by atoms with Gasteiger partial charge in [0.05, 0.1) is 102 Å². The van der Waals surface area contributed by atoms with Crippen molar-refractivity contribution in [2.24, 2.45) is 41.1 Å². The van der Waals surface area contributed by atoms with Gasteiger partial charge in [-0.1, -0.05) is 117 Å². The average molecular weight is 1730 g/mol. The lowest BCUT2D eigenvalue weighted by Crippen LogP contribution is -2.60. The SMILES string of the molecule is CC[C@H](C)[C@@H]([C@@H](CC(=O)N1CCC[C@H]1[C@H](OC)[C@@H](C)C(=O)N[C@H](C)[C@@H](O)c1ccccc1)OC)N(C)C(=O)[C@@H](NC(=O)[C@H](C(C)C)N(C)C(=O)OCc1ccc(NC(=O)[C@H](CCCNC(N)=O)NC(=O)[C@@H](NC(=O)[C@@H](N)CCC(=O)NCCOCCOCCOCCNC(=O)CCCc2ccc(OC)cc2)C(C)C)cc1C(=O)NCCCN(C)C)C(C)C. The summed E-state index contributed by atoms with van der Waals surface area (Å²) in [5, 5.41) is 36.0. The molecule has 0 radical (unpaired) electrons. The van der Waals surface area contributed by atoms with Crippen LogP contribution in [0.15, 0.2) is 72.8 Å². The molecule has 0 spiro atoms. The minimum atomic E-state index is -1.31. The number of carbonyl (C=O) groups is 12. The third-order valence-electron chi connectivity index (χ3n) is 21.9. The fraction of sp³-hybridized carbons (Fsp3) is 0.659. The zero-order valence-corrected chi connectivity index (χ0v) is 75.5. The number of nitrogens with two attached hydrogens (primary N) is 2. The lowest BCUT2D eigenvalue weighted by atomic mass is 9.89. The van der Waals surface area contributed by atoms with Gasteiger partial charge in [-0.05, 0) is 138 Å². The normalized spacial score (nSPS) is 15.6. The Morgan fingerprint density at radius 1 is 0.610 bits per heavy atom. The number of nitrogens with one attached hydrogen (secondary N) is 9. The van der Waals surface area contributed by atoms with Crippen molar-refractivity contribution in [2.75, 3.05) is 134 Å². The van der Waals surface area contributed by atoms with E-state index in [1.165, 1.54) is 44.4 Å². The first-order chi connectivity index (χ1) is 58.5. The number of aryl methyl sites for hydroxylation is 1. The number of carbonyl (C=O) groups excluding carboxylic acids is 12. The van der Waals surface area contributed by atoms with Crippen LogP contribution in [-0.2, 0) is 84.6 Å². The summed E-state index contributed by atoms with van der Waals surface area (Å²) in [5.41, 5.74) is 13.7. The summed E-state index contributed by atoms with van der Waals surface area (Å²) in [6.45, 7) is 20.8. The van der Waals surface area contributed by atoms with Crippen LogP contribution in [-0.4, -0.2) is 285 Å². The van der Waals surface area contributed by atoms with Crippen molar-refractivity contribution in [1.82, 2.24) is 62.1 Å². The molecule has 0 bridgehead atoms. The van der Waals surface area contributed by atoms with Crippen molar-refractivity contribution < 1.29 is 95.8 Å². The molecule has 14 N–H and O–H groups in total. The van der Waals surface area contributed by atoms with Crippen molar-refractivity contribution in [2.45, 2.75) is 220 Å². The van der Waals surface area contributed by atoms with E-state index in [0.29, 0.717) is 77.1 Å². The lowest BCUT2D eigenvalue weighted by molar-refractivity contribution is -0.148. The molecule has 3 aromatic carbocycles. The molecular weight excluding hydrogens is 1590 g/mol. The molecule has 1 fully saturated rings. The minimum Gasteiger partial charge on any atom is -0.497 e. The fourth-order valence-electron chi connectivity index (χ4n) is 14.6. The Hall–Kier alpha value is -9.62. The predicted molar refractivity (Wildman–Crippen MR) is 466 cm³/mol. The fourth-order valence-corrected chi connectivity index (χ4v) is 14.6. The molecule has 13 amide bonds. The highest BCUT2D eigenvalue weighted by atomic mass is 16.6. The van der Waals surface area contributed by atoms with Crippen molar-refractivity contribution in [1.29, 1.82) is 0 Å². The number of hydrogen-bond acceptors (Lipinski definition) is 22. The number of ether oxygens (including phenoxy) is 7. The number of aliphatic hydroxyl groups excluding tert-OH is 1. The Bertz CT molecular complexity index is 3770. The first kappa shape index (κ1) is 106. The molecule has 690 valence electrons. The largest absolute Gasteiger partial charge is 0.497 e. The van der Waals surface area contributed by atoms with Crippen LogP contribution in [0.4, 0.5) is 15.3 Å². The molecular formula is C88H143N15O20. The molecule has 4 rings (SSSR count). The molecule has 1 saturated heterocycles. The van der Waals surface area contributed by atoms with Crippen LogP contribution >= 0.6 is 0 Å². The van der Waals surface area contributed by atoms with Gasteiger partial charge in [0.1, 0.15) is 36.5 Å². The maximum absolute atomic E-state index is 15.0. The van der Waals surface area contributed by atoms with Gasteiger partial charge in [0.15, 0.2) is 0 Å². The number of urea groups is 1. The maximum atomic E-state index is 15.0. The Balaban J connectivity index is 1.37. The molecule has 35 nitrogen and oxygen atoms in total. The maximum Gasteiger partial charge on any atom is 0.410 e. The van der Waals surface area contributed by atoms with Gasteiger partial charge in [0, 0.05) is 90.7 Å². The van der Waals surface area contributed by atoms with Crippen molar-refractivity contribution in [3.05, 3.63) is 95.1 Å². The van der Waals surface area contributed by atoms with Gasteiger partial charge in [-0.15, -0.1) is 0 Å². The van der Waals surface area contributed by atoms with E-state index in [1.54, 1.807) is 86.6 Å². The lowest BCUT2D eigenvalue weighted by Gasteiger charge is -2.41. The number of methoxy groups -OCH3 is 3. The second-order valence-electron chi connectivity index (χ2n) is 32.7. The monoisotopic (exact) mass is 1730 g/mol. The summed E-state index contributed by atoms with van der Waals surface area (Å²) in [5.74, 6) is -6.70. The number of benzene rings is 3. The molecule has 0 aromatic heterocycles. The predicted octanol–water partition coefficient (Wildman–Crippen LogP) is 4.69. The zero-order chi connectivity index (χ0) is 91.4. The number of rotatable bonds is 58. The number of hydrogen-bond donors (Lipinski definition) is 12. The van der Waals surface area contributed by atoms with E-state index in [0.717, 1.165) is 29.1 Å². The summed E-state index contributed by atoms with van der Waals surface area (Å²) in [4.78, 5) is 172. The summed E-state index contributed by atoms with van der Waals surface area (Å²) in [7, 11) is 11.4. The molecule has 0 aliphatic carbocycles.